The standard InChI is InChI=1S/C10H8O6.C10H2O6.2C8H10O3.C3H8.2CH4/c2*11-7-3-1-4-6(10(14)16-8(4)12)2-5(3)9(13)15-7;2*9-7-5-3-1-2-4-6(5)8(10)11-7;1-3-2;;/h3-6H,1-2H2;1-2H;2*5-6H,1-4H2;3H2,1-2H3;2*1H4. The zero-order valence-electron chi connectivity index (χ0n) is 30.9. The lowest BCUT2D eigenvalue weighted by Crippen LogP contribution is -2.35. The van der Waals surface area contributed by atoms with Crippen LogP contribution in [0.15, 0.2) is 40.1 Å². The van der Waals surface area contributed by atoms with Crippen molar-refractivity contribution in [1.29, 1.82) is 0 Å². The van der Waals surface area contributed by atoms with Gasteiger partial charge in [-0.2, -0.15) is 0 Å². The fourth-order valence-electron chi connectivity index (χ4n) is 8.30. The van der Waals surface area contributed by atoms with E-state index in [0.717, 1.165) is 63.5 Å². The molecule has 10 rings (SSSR count). The fourth-order valence-corrected chi connectivity index (χ4v) is 8.30. The van der Waals surface area contributed by atoms with E-state index in [0.29, 0.717) is 0 Å². The van der Waals surface area contributed by atoms with Crippen molar-refractivity contribution in [2.75, 3.05) is 0 Å². The maximum atomic E-state index is 11.3. The monoisotopic (exact) mass is 826 g/mol. The first-order chi connectivity index (χ1) is 27.1. The molecule has 6 heterocycles. The van der Waals surface area contributed by atoms with Gasteiger partial charge in [-0.3, -0.25) is 38.4 Å². The molecule has 1 aromatic carbocycles. The summed E-state index contributed by atoms with van der Waals surface area (Å²) in [6.45, 7) is 4.25. The van der Waals surface area contributed by atoms with E-state index < -0.39 is 70.1 Å². The number of esters is 8. The van der Waals surface area contributed by atoms with E-state index in [1.54, 1.807) is 0 Å². The highest BCUT2D eigenvalue weighted by Crippen LogP contribution is 2.46. The number of hydrogen-bond acceptors (Lipinski definition) is 18. The van der Waals surface area contributed by atoms with Gasteiger partial charge in [-0.25, -0.2) is 19.2 Å². The minimum atomic E-state index is -0.824. The van der Waals surface area contributed by atoms with Gasteiger partial charge in [0.1, 0.15) is 0 Å². The van der Waals surface area contributed by atoms with Crippen LogP contribution in [0.5, 0.6) is 0 Å². The van der Waals surface area contributed by atoms with Crippen LogP contribution in [0.3, 0.4) is 0 Å². The van der Waals surface area contributed by atoms with Crippen molar-refractivity contribution in [3.63, 3.8) is 0 Å². The molecule has 0 N–H and O–H groups in total. The highest BCUT2D eigenvalue weighted by Gasteiger charge is 2.58. The van der Waals surface area contributed by atoms with E-state index in [1.165, 1.54) is 6.42 Å². The van der Waals surface area contributed by atoms with Gasteiger partial charge >= 0.3 is 70.3 Å². The third kappa shape index (κ3) is 9.05. The van der Waals surface area contributed by atoms with Crippen LogP contribution in [0.4, 0.5) is 0 Å². The zero-order valence-corrected chi connectivity index (χ0v) is 30.9. The number of benzene rings is 1. The predicted octanol–water partition coefficient (Wildman–Crippen LogP) is 3.35. The third-order valence-electron chi connectivity index (χ3n) is 11.2. The van der Waals surface area contributed by atoms with E-state index in [9.17, 15) is 57.5 Å². The van der Waals surface area contributed by atoms with E-state index in [2.05, 4.69) is 41.6 Å². The summed E-state index contributed by atoms with van der Waals surface area (Å²) in [6, 6.07) is 2.29. The summed E-state index contributed by atoms with van der Waals surface area (Å²) in [6.07, 6.45) is 9.23. The van der Waals surface area contributed by atoms with Crippen LogP contribution in [-0.4, -0.2) is 47.8 Å². The molecular weight excluding hydrogens is 780 g/mol. The second-order valence-electron chi connectivity index (χ2n) is 14.9. The minimum absolute atomic E-state index is 0. The van der Waals surface area contributed by atoms with Gasteiger partial charge in [0, 0.05) is 0 Å². The number of carbonyl (C=O) groups is 8. The highest BCUT2D eigenvalue weighted by atomic mass is 16.6. The number of cyclic esters (lactones) is 8. The molecule has 8 unspecified atom stereocenters. The number of ether oxygens (including phenoxy) is 4. The highest BCUT2D eigenvalue weighted by molar-refractivity contribution is 6.01. The van der Waals surface area contributed by atoms with Crippen LogP contribution >= 0.6 is 0 Å². The fraction of sp³-hybridized carbons (Fsp3) is 0.561. The van der Waals surface area contributed by atoms with Crippen molar-refractivity contribution in [3.8, 4) is 0 Å². The topological polar surface area (TPSA) is 268 Å². The number of furan rings is 2. The molecule has 0 amide bonds. The van der Waals surface area contributed by atoms with Gasteiger partial charge in [0.15, 0.2) is 0 Å². The van der Waals surface area contributed by atoms with Crippen molar-refractivity contribution < 1.29 is 66.1 Å². The van der Waals surface area contributed by atoms with Crippen LogP contribution < -0.4 is 22.5 Å². The Morgan fingerprint density at radius 1 is 0.373 bits per heavy atom. The quantitative estimate of drug-likeness (QED) is 0.179. The molecule has 0 bridgehead atoms. The summed E-state index contributed by atoms with van der Waals surface area (Å²) in [7, 11) is 0. The molecule has 0 radical (unpaired) electrons. The molecule has 3 aliphatic carbocycles. The van der Waals surface area contributed by atoms with Gasteiger partial charge in [-0.05, 0) is 50.7 Å². The number of fused-ring (bicyclic) bond motifs is 6. The van der Waals surface area contributed by atoms with Crippen LogP contribution in [0, 0.1) is 47.3 Å². The summed E-state index contributed by atoms with van der Waals surface area (Å²) in [5.41, 5.74) is -3.30. The van der Waals surface area contributed by atoms with Crippen molar-refractivity contribution in [1.82, 2.24) is 0 Å². The van der Waals surface area contributed by atoms with Crippen molar-refractivity contribution >= 4 is 69.3 Å². The lowest BCUT2D eigenvalue weighted by atomic mass is 9.70. The third-order valence-corrected chi connectivity index (χ3v) is 11.2. The number of carbonyl (C=O) groups excluding carboxylic acids is 8. The Bertz CT molecular complexity index is 2060. The second kappa shape index (κ2) is 18.8. The Labute approximate surface area is 335 Å². The van der Waals surface area contributed by atoms with E-state index in [1.807, 2.05) is 0 Å². The van der Waals surface area contributed by atoms with Crippen molar-refractivity contribution in [2.45, 2.75) is 99.3 Å². The Kier molecular flexibility index (Phi) is 14.5. The Balaban J connectivity index is 0.000000170. The Hall–Kier alpha value is -5.94. The lowest BCUT2D eigenvalue weighted by molar-refractivity contribution is -0.156. The molecule has 7 aliphatic rings. The summed E-state index contributed by atoms with van der Waals surface area (Å²) in [5.74, 6) is -6.21. The molecule has 3 saturated carbocycles. The molecule has 318 valence electrons. The number of hydrogen-bond donors (Lipinski definition) is 0. The average molecular weight is 827 g/mol. The average Bonchev–Trinajstić information content (AvgIpc) is 3.97. The maximum Gasteiger partial charge on any atom is 0.346 e. The summed E-state index contributed by atoms with van der Waals surface area (Å²) in [4.78, 5) is 134. The van der Waals surface area contributed by atoms with Crippen molar-refractivity contribution in [2.24, 2.45) is 47.3 Å². The molecule has 59 heavy (non-hydrogen) atoms. The molecule has 3 aromatic rings. The van der Waals surface area contributed by atoms with Gasteiger partial charge in [0.05, 0.1) is 68.9 Å². The van der Waals surface area contributed by atoms with Crippen LogP contribution in [0.25, 0.3) is 21.5 Å². The summed E-state index contributed by atoms with van der Waals surface area (Å²) < 4.78 is 26.7. The van der Waals surface area contributed by atoms with E-state index >= 15 is 0 Å². The Morgan fingerprint density at radius 3 is 0.763 bits per heavy atom. The smallest absolute Gasteiger partial charge is 0.346 e. The Morgan fingerprint density at radius 2 is 0.559 bits per heavy atom. The second-order valence-corrected chi connectivity index (χ2v) is 14.9. The largest absolute Gasteiger partial charge is 0.393 e. The van der Waals surface area contributed by atoms with Crippen LogP contribution in [0.1, 0.15) is 99.3 Å². The first-order valence-corrected chi connectivity index (χ1v) is 18.9. The van der Waals surface area contributed by atoms with Gasteiger partial charge < -0.3 is 27.8 Å². The molecule has 18 heteroatoms. The van der Waals surface area contributed by atoms with Gasteiger partial charge in [-0.15, -0.1) is 0 Å². The maximum absolute atomic E-state index is 11.3. The molecule has 4 aliphatic heterocycles. The molecule has 18 nitrogen and oxygen atoms in total. The van der Waals surface area contributed by atoms with Crippen LogP contribution in [-0.2, 0) is 57.3 Å². The van der Waals surface area contributed by atoms with E-state index in [-0.39, 0.29) is 96.8 Å². The SMILES string of the molecule is C.C.CCC.O=C1OC(=O)C2CC3C(=O)OC(=O)C3CC12.O=C1OC(=O)C2CCCCC12.O=C1OC(=O)C2CCCCC12.O=c1oc(=O)c2cc3c(=O)oc(=O)c3cc12. The predicted molar refractivity (Wildman–Crippen MR) is 201 cm³/mol. The molecule has 8 atom stereocenters. The first-order valence-electron chi connectivity index (χ1n) is 18.9. The first kappa shape index (κ1) is 45.8. The molecule has 0 spiro atoms. The molecular formula is C41H46O18. The summed E-state index contributed by atoms with van der Waals surface area (Å²) in [5, 5.41) is -0.0726. The van der Waals surface area contributed by atoms with Gasteiger partial charge in [0.2, 0.25) is 0 Å². The molecule has 7 fully saturated rings. The van der Waals surface area contributed by atoms with Gasteiger partial charge in [-0.1, -0.05) is 60.8 Å². The minimum Gasteiger partial charge on any atom is -0.393 e. The van der Waals surface area contributed by atoms with E-state index in [4.69, 9.17) is 0 Å². The van der Waals surface area contributed by atoms with Gasteiger partial charge in [0.25, 0.3) is 0 Å². The molecule has 4 saturated heterocycles. The normalized spacial score (nSPS) is 28.4. The number of rotatable bonds is 0. The van der Waals surface area contributed by atoms with Crippen molar-refractivity contribution in [3.05, 3.63) is 53.8 Å². The molecule has 2 aromatic heterocycles. The lowest BCUT2D eigenvalue weighted by Gasteiger charge is -2.25. The van der Waals surface area contributed by atoms with Crippen LogP contribution in [0.2, 0.25) is 0 Å². The summed E-state index contributed by atoms with van der Waals surface area (Å²) >= 11 is 0. The zero-order chi connectivity index (χ0) is 41.3.